The van der Waals surface area contributed by atoms with Gasteiger partial charge >= 0.3 is 0 Å². The van der Waals surface area contributed by atoms with Crippen LogP contribution in [0.15, 0.2) is 24.3 Å². The highest BCUT2D eigenvalue weighted by Gasteiger charge is 2.24. The van der Waals surface area contributed by atoms with Crippen LogP contribution in [0.1, 0.15) is 17.3 Å². The van der Waals surface area contributed by atoms with Gasteiger partial charge in [0, 0.05) is 35.3 Å². The molecule has 86 valence electrons. The molecule has 1 aliphatic rings. The number of carbonyl (C=O) groups excluding carboxylic acids is 1. The van der Waals surface area contributed by atoms with Crippen LogP contribution in [-0.4, -0.2) is 34.9 Å². The normalized spacial score (nSPS) is 20.8. The molecule has 1 aromatic carbocycles. The lowest BCUT2D eigenvalue weighted by atomic mass is 10.1. The number of hydrogen-bond donors (Lipinski definition) is 1. The van der Waals surface area contributed by atoms with Gasteiger partial charge in [-0.1, -0.05) is 0 Å². The number of anilines is 1. The third-order valence-corrected chi connectivity index (χ3v) is 3.98. The average molecular weight is 236 g/mol. The highest BCUT2D eigenvalue weighted by molar-refractivity contribution is 7.99. The molecule has 0 aromatic heterocycles. The summed E-state index contributed by atoms with van der Waals surface area (Å²) < 4.78 is 0. The van der Waals surface area contributed by atoms with Crippen LogP contribution < -0.4 is 5.73 Å². The van der Waals surface area contributed by atoms with Gasteiger partial charge in [-0.15, -0.1) is 0 Å². The molecule has 2 N–H and O–H groups in total. The molecule has 1 aliphatic heterocycles. The number of amides is 1. The zero-order valence-electron chi connectivity index (χ0n) is 9.35. The first-order valence-electron chi connectivity index (χ1n) is 5.43. The van der Waals surface area contributed by atoms with Crippen LogP contribution in [0.2, 0.25) is 0 Å². The quantitative estimate of drug-likeness (QED) is 0.757. The van der Waals surface area contributed by atoms with E-state index in [1.54, 1.807) is 24.3 Å². The molecule has 1 atom stereocenters. The maximum absolute atomic E-state index is 12.2. The van der Waals surface area contributed by atoms with E-state index in [1.165, 1.54) is 0 Å². The minimum Gasteiger partial charge on any atom is -0.399 e. The summed E-state index contributed by atoms with van der Waals surface area (Å²) in [6.07, 6.45) is 0. The van der Waals surface area contributed by atoms with Crippen molar-refractivity contribution < 1.29 is 4.79 Å². The maximum Gasteiger partial charge on any atom is 0.254 e. The van der Waals surface area contributed by atoms with Gasteiger partial charge in [0.25, 0.3) is 5.91 Å². The fraction of sp³-hybridized carbons (Fsp3) is 0.417. The van der Waals surface area contributed by atoms with Crippen LogP contribution in [0.5, 0.6) is 0 Å². The lowest BCUT2D eigenvalue weighted by Crippen LogP contribution is -2.44. The highest BCUT2D eigenvalue weighted by Crippen LogP contribution is 2.19. The van der Waals surface area contributed by atoms with E-state index in [1.807, 2.05) is 16.7 Å². The Labute approximate surface area is 100.0 Å². The minimum atomic E-state index is 0.118. The molecule has 0 bridgehead atoms. The van der Waals surface area contributed by atoms with Crippen LogP contribution >= 0.6 is 11.8 Å². The zero-order valence-corrected chi connectivity index (χ0v) is 10.2. The molecular weight excluding hydrogens is 220 g/mol. The number of nitrogen functional groups attached to an aromatic ring is 1. The molecule has 1 aromatic rings. The first-order valence-corrected chi connectivity index (χ1v) is 6.58. The predicted molar refractivity (Wildman–Crippen MR) is 68.7 cm³/mol. The molecule has 4 heteroatoms. The molecule has 2 rings (SSSR count). The Kier molecular flexibility index (Phi) is 3.39. The van der Waals surface area contributed by atoms with Gasteiger partial charge in [-0.05, 0) is 31.2 Å². The van der Waals surface area contributed by atoms with E-state index in [-0.39, 0.29) is 5.91 Å². The molecule has 0 radical (unpaired) electrons. The Hall–Kier alpha value is -1.16. The van der Waals surface area contributed by atoms with Gasteiger partial charge in [0.05, 0.1) is 0 Å². The van der Waals surface area contributed by atoms with Gasteiger partial charge in [0.1, 0.15) is 0 Å². The fourth-order valence-corrected chi connectivity index (χ4v) is 2.83. The monoisotopic (exact) mass is 236 g/mol. The molecule has 1 saturated heterocycles. The summed E-state index contributed by atoms with van der Waals surface area (Å²) in [7, 11) is 0. The summed E-state index contributed by atoms with van der Waals surface area (Å²) in [6.45, 7) is 2.94. The minimum absolute atomic E-state index is 0.118. The average Bonchev–Trinajstić information content (AvgIpc) is 2.30. The third-order valence-electron chi connectivity index (χ3n) is 2.79. The second kappa shape index (κ2) is 4.78. The Morgan fingerprint density at radius 2 is 2.12 bits per heavy atom. The number of thioether (sulfide) groups is 1. The second-order valence-electron chi connectivity index (χ2n) is 4.04. The Morgan fingerprint density at radius 1 is 1.44 bits per heavy atom. The molecule has 0 saturated carbocycles. The van der Waals surface area contributed by atoms with E-state index in [0.29, 0.717) is 11.7 Å². The van der Waals surface area contributed by atoms with Crippen molar-refractivity contribution in [3.05, 3.63) is 29.8 Å². The van der Waals surface area contributed by atoms with Crippen molar-refractivity contribution in [1.82, 2.24) is 4.90 Å². The van der Waals surface area contributed by atoms with Crippen LogP contribution in [0, 0.1) is 0 Å². The van der Waals surface area contributed by atoms with Gasteiger partial charge in [-0.3, -0.25) is 4.79 Å². The summed E-state index contributed by atoms with van der Waals surface area (Å²) in [5.41, 5.74) is 7.03. The number of carbonyl (C=O) groups is 1. The van der Waals surface area contributed by atoms with Crippen LogP contribution in [0.3, 0.4) is 0 Å². The Morgan fingerprint density at radius 3 is 2.75 bits per heavy atom. The van der Waals surface area contributed by atoms with E-state index in [0.717, 1.165) is 23.6 Å². The standard InChI is InChI=1S/C12H16N2OS/c1-9-8-16-7-6-14(9)12(15)10-2-4-11(13)5-3-10/h2-5,9H,6-8,13H2,1H3. The number of rotatable bonds is 1. The van der Waals surface area contributed by atoms with Crippen molar-refractivity contribution in [2.75, 3.05) is 23.8 Å². The Bertz CT molecular complexity index is 377. The number of nitrogens with two attached hydrogens (primary N) is 1. The van der Waals surface area contributed by atoms with Gasteiger partial charge in [-0.2, -0.15) is 11.8 Å². The molecule has 1 unspecified atom stereocenters. The topological polar surface area (TPSA) is 46.3 Å². The first kappa shape index (κ1) is 11.3. The third kappa shape index (κ3) is 2.32. The smallest absolute Gasteiger partial charge is 0.254 e. The van der Waals surface area contributed by atoms with Gasteiger partial charge < -0.3 is 10.6 Å². The number of hydrogen-bond acceptors (Lipinski definition) is 3. The summed E-state index contributed by atoms with van der Waals surface area (Å²) >= 11 is 1.91. The predicted octanol–water partition coefficient (Wildman–Crippen LogP) is 1.85. The maximum atomic E-state index is 12.2. The molecule has 3 nitrogen and oxygen atoms in total. The van der Waals surface area contributed by atoms with Crippen LogP contribution in [-0.2, 0) is 0 Å². The van der Waals surface area contributed by atoms with Gasteiger partial charge in [0.2, 0.25) is 0 Å². The lowest BCUT2D eigenvalue weighted by molar-refractivity contribution is 0.0716. The Balaban J connectivity index is 2.14. The molecule has 0 aliphatic carbocycles. The summed E-state index contributed by atoms with van der Waals surface area (Å²) in [5.74, 6) is 2.18. The van der Waals surface area contributed by atoms with Crippen LogP contribution in [0.25, 0.3) is 0 Å². The van der Waals surface area contributed by atoms with Crippen LogP contribution in [0.4, 0.5) is 5.69 Å². The molecule has 0 spiro atoms. The SMILES string of the molecule is CC1CSCCN1C(=O)c1ccc(N)cc1. The molecule has 1 heterocycles. The van der Waals surface area contributed by atoms with E-state index >= 15 is 0 Å². The van der Waals surface area contributed by atoms with E-state index in [4.69, 9.17) is 5.73 Å². The van der Waals surface area contributed by atoms with E-state index < -0.39 is 0 Å². The zero-order chi connectivity index (χ0) is 11.5. The summed E-state index contributed by atoms with van der Waals surface area (Å²) in [4.78, 5) is 14.1. The van der Waals surface area contributed by atoms with Crippen molar-refractivity contribution in [3.8, 4) is 0 Å². The molecule has 1 amide bonds. The molecular formula is C12H16N2OS. The number of benzene rings is 1. The van der Waals surface area contributed by atoms with Crippen molar-refractivity contribution in [2.24, 2.45) is 0 Å². The van der Waals surface area contributed by atoms with E-state index in [2.05, 4.69) is 6.92 Å². The highest BCUT2D eigenvalue weighted by atomic mass is 32.2. The van der Waals surface area contributed by atoms with Gasteiger partial charge in [0.15, 0.2) is 0 Å². The fourth-order valence-electron chi connectivity index (χ4n) is 1.82. The van der Waals surface area contributed by atoms with E-state index in [9.17, 15) is 4.79 Å². The lowest BCUT2D eigenvalue weighted by Gasteiger charge is -2.33. The molecule has 1 fully saturated rings. The van der Waals surface area contributed by atoms with Gasteiger partial charge in [-0.25, -0.2) is 0 Å². The largest absolute Gasteiger partial charge is 0.399 e. The second-order valence-corrected chi connectivity index (χ2v) is 5.19. The van der Waals surface area contributed by atoms with Crippen molar-refractivity contribution in [2.45, 2.75) is 13.0 Å². The summed E-state index contributed by atoms with van der Waals surface area (Å²) in [5, 5.41) is 0. The van der Waals surface area contributed by atoms with Crippen molar-refractivity contribution in [3.63, 3.8) is 0 Å². The van der Waals surface area contributed by atoms with Crippen molar-refractivity contribution in [1.29, 1.82) is 0 Å². The molecule has 16 heavy (non-hydrogen) atoms. The van der Waals surface area contributed by atoms with Crippen molar-refractivity contribution >= 4 is 23.4 Å². The summed E-state index contributed by atoms with van der Waals surface area (Å²) in [6, 6.07) is 7.47. The first-order chi connectivity index (χ1) is 7.68. The number of nitrogens with zero attached hydrogens (tertiary/aromatic N) is 1.